The van der Waals surface area contributed by atoms with E-state index < -0.39 is 0 Å². The smallest absolute Gasteiger partial charge is 0.267 e. The van der Waals surface area contributed by atoms with Crippen LogP contribution in [-0.4, -0.2) is 44.1 Å². The quantitative estimate of drug-likeness (QED) is 0.315. The van der Waals surface area contributed by atoms with Gasteiger partial charge in [-0.3, -0.25) is 18.9 Å². The highest BCUT2D eigenvalue weighted by Gasteiger charge is 2.34. The van der Waals surface area contributed by atoms with Crippen molar-refractivity contribution < 1.29 is 4.79 Å². The molecule has 0 N–H and O–H groups in total. The van der Waals surface area contributed by atoms with Crippen LogP contribution in [0.4, 0.5) is 5.82 Å². The predicted molar refractivity (Wildman–Crippen MR) is 155 cm³/mol. The molecule has 0 aliphatic carbocycles. The zero-order valence-electron chi connectivity index (χ0n) is 22.1. The summed E-state index contributed by atoms with van der Waals surface area (Å²) in [5.41, 5.74) is 1.93. The minimum atomic E-state index is -0.149. The van der Waals surface area contributed by atoms with Gasteiger partial charge < -0.3 is 4.90 Å². The molecule has 0 unspecified atom stereocenters. The number of hydrogen-bond donors (Lipinski definition) is 0. The van der Waals surface area contributed by atoms with Gasteiger partial charge >= 0.3 is 0 Å². The highest BCUT2D eigenvalue weighted by Crippen LogP contribution is 2.35. The molecule has 1 amide bonds. The molecule has 0 bridgehead atoms. The number of anilines is 1. The van der Waals surface area contributed by atoms with Gasteiger partial charge in [-0.25, -0.2) is 4.98 Å². The Hall–Kier alpha value is -2.19. The van der Waals surface area contributed by atoms with E-state index in [4.69, 9.17) is 17.2 Å². The monoisotopic (exact) mass is 526 g/mol. The van der Waals surface area contributed by atoms with E-state index in [0.717, 1.165) is 50.8 Å². The third-order valence-electron chi connectivity index (χ3n) is 7.29. The number of fused-ring (bicyclic) bond motifs is 1. The van der Waals surface area contributed by atoms with Crippen molar-refractivity contribution in [1.29, 1.82) is 0 Å². The topological polar surface area (TPSA) is 57.9 Å². The lowest BCUT2D eigenvalue weighted by Gasteiger charge is -2.36. The highest BCUT2D eigenvalue weighted by atomic mass is 32.2. The van der Waals surface area contributed by atoms with E-state index in [1.54, 1.807) is 15.4 Å². The Kier molecular flexibility index (Phi) is 8.56. The van der Waals surface area contributed by atoms with Gasteiger partial charge in [-0.1, -0.05) is 77.0 Å². The lowest BCUT2D eigenvalue weighted by Crippen LogP contribution is -2.40. The van der Waals surface area contributed by atoms with E-state index in [1.807, 2.05) is 25.3 Å². The second-order valence-electron chi connectivity index (χ2n) is 10.6. The van der Waals surface area contributed by atoms with Gasteiger partial charge in [0, 0.05) is 25.8 Å². The van der Waals surface area contributed by atoms with E-state index in [-0.39, 0.29) is 11.5 Å². The van der Waals surface area contributed by atoms with Crippen molar-refractivity contribution in [2.24, 2.45) is 17.8 Å². The van der Waals surface area contributed by atoms with Gasteiger partial charge in [-0.2, -0.15) is 0 Å². The number of carbonyl (C=O) groups excluding carboxylic acids is 1. The maximum absolute atomic E-state index is 13.8. The van der Waals surface area contributed by atoms with Crippen molar-refractivity contribution in [2.45, 2.75) is 66.7 Å². The summed E-state index contributed by atoms with van der Waals surface area (Å²) in [7, 11) is 0. The summed E-state index contributed by atoms with van der Waals surface area (Å²) in [4.78, 5) is 36.7. The zero-order chi connectivity index (χ0) is 26.0. The van der Waals surface area contributed by atoms with E-state index in [0.29, 0.717) is 50.6 Å². The number of rotatable bonds is 8. The minimum Gasteiger partial charge on any atom is -0.355 e. The number of hydrogen-bond acceptors (Lipinski definition) is 6. The van der Waals surface area contributed by atoms with Crippen molar-refractivity contribution >= 4 is 51.7 Å². The molecule has 2 aliphatic rings. The number of aryl methyl sites for hydroxylation is 1. The SMILES string of the molecule is CCCC[C@@H](CC)CN1C(=O)/C(=C/c2c(N3C[C@H](C)C[C@@H](C)C3)nc3ccc(C)cn3c2=O)SC1=S. The molecule has 6 nitrogen and oxygen atoms in total. The Morgan fingerprint density at radius 3 is 2.58 bits per heavy atom. The molecule has 2 saturated heterocycles. The first-order chi connectivity index (χ1) is 17.2. The predicted octanol–water partition coefficient (Wildman–Crippen LogP) is 5.90. The molecule has 36 heavy (non-hydrogen) atoms. The van der Waals surface area contributed by atoms with E-state index in [2.05, 4.69) is 32.6 Å². The molecular weight excluding hydrogens is 488 g/mol. The van der Waals surface area contributed by atoms with Crippen molar-refractivity contribution in [3.05, 3.63) is 44.7 Å². The lowest BCUT2D eigenvalue weighted by molar-refractivity contribution is -0.122. The third-order valence-corrected chi connectivity index (χ3v) is 8.66. The summed E-state index contributed by atoms with van der Waals surface area (Å²) in [6, 6.07) is 3.86. The van der Waals surface area contributed by atoms with Gasteiger partial charge in [0.25, 0.3) is 11.5 Å². The molecule has 2 aromatic heterocycles. The molecule has 0 aromatic carbocycles. The van der Waals surface area contributed by atoms with Crippen LogP contribution in [0.5, 0.6) is 0 Å². The van der Waals surface area contributed by atoms with Crippen LogP contribution < -0.4 is 10.5 Å². The summed E-state index contributed by atoms with van der Waals surface area (Å²) >= 11 is 6.92. The number of pyridine rings is 1. The lowest BCUT2D eigenvalue weighted by atomic mass is 9.91. The van der Waals surface area contributed by atoms with Crippen LogP contribution in [-0.2, 0) is 4.79 Å². The molecule has 2 aromatic rings. The second-order valence-corrected chi connectivity index (χ2v) is 12.3. The molecule has 194 valence electrons. The van der Waals surface area contributed by atoms with Crippen LogP contribution in [0.15, 0.2) is 28.0 Å². The normalized spacial score (nSPS) is 22.8. The molecule has 0 spiro atoms. The number of nitrogens with zero attached hydrogens (tertiary/aromatic N) is 4. The molecule has 0 radical (unpaired) electrons. The summed E-state index contributed by atoms with van der Waals surface area (Å²) in [5.74, 6) is 2.01. The Labute approximate surface area is 224 Å². The maximum atomic E-state index is 13.8. The number of thioether (sulfide) groups is 1. The van der Waals surface area contributed by atoms with Crippen LogP contribution >= 0.6 is 24.0 Å². The van der Waals surface area contributed by atoms with E-state index in [1.165, 1.54) is 11.8 Å². The third kappa shape index (κ3) is 5.70. The summed E-state index contributed by atoms with van der Waals surface area (Å²) in [6.07, 6.45) is 9.12. The fourth-order valence-electron chi connectivity index (χ4n) is 5.41. The molecule has 2 fully saturated rings. The van der Waals surface area contributed by atoms with Crippen LogP contribution in [0.3, 0.4) is 0 Å². The Bertz CT molecular complexity index is 1230. The van der Waals surface area contributed by atoms with Crippen molar-refractivity contribution in [3.8, 4) is 0 Å². The summed E-state index contributed by atoms with van der Waals surface area (Å²) < 4.78 is 2.17. The second kappa shape index (κ2) is 11.5. The van der Waals surface area contributed by atoms with E-state index in [9.17, 15) is 9.59 Å². The minimum absolute atomic E-state index is 0.0972. The number of thiocarbonyl (C=S) groups is 1. The van der Waals surface area contributed by atoms with Crippen LogP contribution in [0.2, 0.25) is 0 Å². The molecule has 4 rings (SSSR count). The van der Waals surface area contributed by atoms with Gasteiger partial charge in [0.15, 0.2) is 0 Å². The Morgan fingerprint density at radius 1 is 1.19 bits per heavy atom. The number of piperidine rings is 1. The van der Waals surface area contributed by atoms with Crippen molar-refractivity contribution in [2.75, 3.05) is 24.5 Å². The molecular formula is C28H38N4O2S2. The number of aromatic nitrogens is 2. The average Bonchev–Trinajstić information content (AvgIpc) is 3.10. The molecule has 4 heterocycles. The van der Waals surface area contributed by atoms with Gasteiger partial charge in [-0.15, -0.1) is 0 Å². The van der Waals surface area contributed by atoms with E-state index >= 15 is 0 Å². The highest BCUT2D eigenvalue weighted by molar-refractivity contribution is 8.26. The first-order valence-corrected chi connectivity index (χ1v) is 14.5. The van der Waals surface area contributed by atoms with Gasteiger partial charge in [0.1, 0.15) is 15.8 Å². The van der Waals surface area contributed by atoms with Crippen LogP contribution in [0.25, 0.3) is 11.7 Å². The Balaban J connectivity index is 1.75. The summed E-state index contributed by atoms with van der Waals surface area (Å²) in [5, 5.41) is 0. The molecule has 8 heteroatoms. The molecule has 3 atom stereocenters. The Morgan fingerprint density at radius 2 is 1.92 bits per heavy atom. The number of amides is 1. The number of unbranched alkanes of at least 4 members (excludes halogenated alkanes) is 1. The fourth-order valence-corrected chi connectivity index (χ4v) is 6.67. The largest absolute Gasteiger partial charge is 0.355 e. The summed E-state index contributed by atoms with van der Waals surface area (Å²) in [6.45, 7) is 13.1. The molecule has 0 saturated carbocycles. The van der Waals surface area contributed by atoms with Gasteiger partial charge in [-0.05, 0) is 55.2 Å². The van der Waals surface area contributed by atoms with Crippen LogP contribution in [0, 0.1) is 24.7 Å². The van der Waals surface area contributed by atoms with Gasteiger partial charge in [0.05, 0.1) is 10.5 Å². The first kappa shape index (κ1) is 26.9. The maximum Gasteiger partial charge on any atom is 0.267 e. The molecule has 2 aliphatic heterocycles. The van der Waals surface area contributed by atoms with Gasteiger partial charge in [0.2, 0.25) is 0 Å². The average molecular weight is 527 g/mol. The standard InChI is InChI=1S/C28H38N4O2S2/c1-6-8-9-21(7-2)17-32-27(34)23(36-28(32)35)13-22-25(30-14-19(4)12-20(5)15-30)29-24-11-10-18(3)16-31(24)26(22)33/h10-11,13,16,19-21H,6-9,12,14-15,17H2,1-5H3/b23-13-/t19-,20-,21-/m1/s1. The first-order valence-electron chi connectivity index (χ1n) is 13.2. The van der Waals surface area contributed by atoms with Crippen LogP contribution in [0.1, 0.15) is 70.9 Å². The fraction of sp³-hybridized carbons (Fsp3) is 0.571. The zero-order valence-corrected chi connectivity index (χ0v) is 23.8. The number of carbonyl (C=O) groups is 1. The van der Waals surface area contributed by atoms with Crippen molar-refractivity contribution in [3.63, 3.8) is 0 Å². The van der Waals surface area contributed by atoms with Crippen molar-refractivity contribution in [1.82, 2.24) is 14.3 Å².